The van der Waals surface area contributed by atoms with Gasteiger partial charge in [0.05, 0.1) is 5.92 Å². The van der Waals surface area contributed by atoms with E-state index in [0.717, 1.165) is 13.8 Å². The van der Waals surface area contributed by atoms with Crippen molar-refractivity contribution < 1.29 is 48.0 Å². The maximum atomic E-state index is 11.9. The number of aliphatic hydroxyl groups excluding tert-OH is 1. The van der Waals surface area contributed by atoms with Crippen LogP contribution in [0.25, 0.3) is 0 Å². The molecule has 1 rings (SSSR count). The van der Waals surface area contributed by atoms with Crippen LogP contribution in [0.4, 0.5) is 0 Å². The smallest absolute Gasteiger partial charge is 0.303 e. The number of aliphatic hydroxyl groups is 1. The lowest BCUT2D eigenvalue weighted by Gasteiger charge is -2.32. The highest BCUT2D eigenvalue weighted by atomic mass is 16.6. The van der Waals surface area contributed by atoms with Crippen molar-refractivity contribution in [1.82, 2.24) is 10.6 Å². The summed E-state index contributed by atoms with van der Waals surface area (Å²) in [5, 5.41) is 16.0. The molecule has 1 aliphatic rings. The molecule has 1 saturated carbocycles. The number of esters is 3. The molecule has 13 nitrogen and oxygen atoms in total. The van der Waals surface area contributed by atoms with Gasteiger partial charge in [0.15, 0.2) is 18.0 Å². The van der Waals surface area contributed by atoms with Crippen LogP contribution in [0.3, 0.4) is 0 Å². The minimum atomic E-state index is -1.72. The zero-order valence-electron chi connectivity index (χ0n) is 20.7. The summed E-state index contributed by atoms with van der Waals surface area (Å²) in [7, 11) is 0. The molecular formula is C22H37N3O10. The third-order valence-electron chi connectivity index (χ3n) is 5.28. The molecule has 0 aromatic carbocycles. The summed E-state index contributed by atoms with van der Waals surface area (Å²) in [5.41, 5.74) is 3.66. The van der Waals surface area contributed by atoms with Crippen LogP contribution in [-0.2, 0) is 42.9 Å². The molecule has 5 unspecified atom stereocenters. The zero-order valence-corrected chi connectivity index (χ0v) is 20.7. The van der Waals surface area contributed by atoms with E-state index in [1.165, 1.54) is 13.8 Å². The fourth-order valence-corrected chi connectivity index (χ4v) is 3.78. The monoisotopic (exact) mass is 503 g/mol. The van der Waals surface area contributed by atoms with Gasteiger partial charge in [0.1, 0.15) is 12.6 Å². The molecule has 0 spiro atoms. The van der Waals surface area contributed by atoms with E-state index in [1.807, 2.05) is 0 Å². The van der Waals surface area contributed by atoms with Gasteiger partial charge in [-0.05, 0) is 25.8 Å². The average molecular weight is 504 g/mol. The third-order valence-corrected chi connectivity index (χ3v) is 5.28. The van der Waals surface area contributed by atoms with E-state index in [4.69, 9.17) is 24.7 Å². The Labute approximate surface area is 204 Å². The minimum Gasteiger partial charge on any atom is -0.465 e. The Kier molecular flexibility index (Phi) is 12.6. The predicted molar refractivity (Wildman–Crippen MR) is 120 cm³/mol. The van der Waals surface area contributed by atoms with E-state index in [-0.39, 0.29) is 25.5 Å². The summed E-state index contributed by atoms with van der Waals surface area (Å²) in [5.74, 6) is -3.63. The number of nitrogens with one attached hydrogen (secondary N) is 2. The fraction of sp³-hybridized carbons (Fsp3) is 0.773. The third kappa shape index (κ3) is 9.78. The quantitative estimate of drug-likeness (QED) is 0.0863. The molecule has 0 aliphatic heterocycles. The molecule has 0 aromatic rings. The molecule has 13 heteroatoms. The first-order chi connectivity index (χ1) is 16.4. The van der Waals surface area contributed by atoms with E-state index in [0.29, 0.717) is 32.4 Å². The van der Waals surface area contributed by atoms with Crippen LogP contribution in [-0.4, -0.2) is 85.2 Å². The van der Waals surface area contributed by atoms with Gasteiger partial charge in [-0.15, -0.1) is 0 Å². The van der Waals surface area contributed by atoms with Crippen molar-refractivity contribution in [2.45, 2.75) is 77.4 Å². The average Bonchev–Trinajstić information content (AvgIpc) is 3.33. The normalized spacial score (nSPS) is 22.3. The van der Waals surface area contributed by atoms with Crippen LogP contribution in [0.1, 0.15) is 53.4 Å². The molecule has 0 heterocycles. The molecule has 2 amide bonds. The minimum absolute atomic E-state index is 0.0241. The predicted octanol–water partition coefficient (Wildman–Crippen LogP) is -1.11. The van der Waals surface area contributed by atoms with Crippen LogP contribution >= 0.6 is 0 Å². The van der Waals surface area contributed by atoms with Crippen LogP contribution in [0.2, 0.25) is 0 Å². The van der Waals surface area contributed by atoms with E-state index < -0.39 is 53.8 Å². The summed E-state index contributed by atoms with van der Waals surface area (Å²) in [4.78, 5) is 58.6. The highest BCUT2D eigenvalue weighted by Gasteiger charge is 2.76. The molecule has 5 N–H and O–H groups in total. The summed E-state index contributed by atoms with van der Waals surface area (Å²) < 4.78 is 21.2. The Morgan fingerprint density at radius 1 is 1.00 bits per heavy atom. The first-order valence-corrected chi connectivity index (χ1v) is 11.5. The Hall–Kier alpha value is -2.77. The highest BCUT2D eigenvalue weighted by molar-refractivity contribution is 5.76. The lowest BCUT2D eigenvalue weighted by Crippen LogP contribution is -2.56. The molecular weight excluding hydrogens is 466 g/mol. The number of carbonyl (C=O) groups excluding carboxylic acids is 5. The number of nitrogens with two attached hydrogens (primary N) is 1. The van der Waals surface area contributed by atoms with Crippen molar-refractivity contribution in [3.8, 4) is 0 Å². The number of hydrogen-bond acceptors (Lipinski definition) is 11. The Balaban J connectivity index is 2.90. The van der Waals surface area contributed by atoms with Gasteiger partial charge in [0, 0.05) is 47.3 Å². The van der Waals surface area contributed by atoms with Crippen LogP contribution < -0.4 is 16.4 Å². The molecule has 200 valence electrons. The first-order valence-electron chi connectivity index (χ1n) is 11.5. The van der Waals surface area contributed by atoms with Crippen LogP contribution in [0.15, 0.2) is 0 Å². The SMILES string of the molecule is CC(=O)NC(C(O)OCCCCC(=O)NCCCN)C1(OC(C)=O)C(COC(C)=O)C1OC(C)=O. The number of carbonyl (C=O) groups is 5. The van der Waals surface area contributed by atoms with Crippen molar-refractivity contribution in [2.75, 3.05) is 26.3 Å². The molecule has 0 bridgehead atoms. The zero-order chi connectivity index (χ0) is 26.6. The van der Waals surface area contributed by atoms with Gasteiger partial charge >= 0.3 is 17.9 Å². The first kappa shape index (κ1) is 30.3. The van der Waals surface area contributed by atoms with Gasteiger partial charge in [-0.1, -0.05) is 0 Å². The summed E-state index contributed by atoms with van der Waals surface area (Å²) >= 11 is 0. The van der Waals surface area contributed by atoms with E-state index in [1.54, 1.807) is 0 Å². The standard InChI is InChI=1S/C22H37N3O10/c1-13(26)25-19(21(31)32-11-6-5-8-18(30)24-10-7-9-23)22(35-16(4)29)17(12-33-14(2)27)20(22)34-15(3)28/h17,19-21,31H,5-12,23H2,1-4H3,(H,24,30)(H,25,26). The summed E-state index contributed by atoms with van der Waals surface area (Å²) in [6.45, 7) is 5.35. The van der Waals surface area contributed by atoms with Gasteiger partial charge in [0.25, 0.3) is 0 Å². The molecule has 0 radical (unpaired) electrons. The lowest BCUT2D eigenvalue weighted by molar-refractivity contribution is -0.182. The van der Waals surface area contributed by atoms with Gasteiger partial charge in [-0.2, -0.15) is 0 Å². The second-order valence-corrected chi connectivity index (χ2v) is 8.28. The van der Waals surface area contributed by atoms with Gasteiger partial charge in [-0.3, -0.25) is 24.0 Å². The highest BCUT2D eigenvalue weighted by Crippen LogP contribution is 2.53. The number of unbranched alkanes of at least 4 members (excludes halogenated alkanes) is 1. The summed E-state index contributed by atoms with van der Waals surface area (Å²) in [6.07, 6.45) is -0.934. The number of rotatable bonds is 16. The lowest BCUT2D eigenvalue weighted by atomic mass is 10.1. The molecule has 0 saturated heterocycles. The van der Waals surface area contributed by atoms with Gasteiger partial charge < -0.3 is 40.4 Å². The van der Waals surface area contributed by atoms with Crippen LogP contribution in [0.5, 0.6) is 0 Å². The van der Waals surface area contributed by atoms with Crippen LogP contribution in [0, 0.1) is 5.92 Å². The molecule has 0 aromatic heterocycles. The fourth-order valence-electron chi connectivity index (χ4n) is 3.78. The molecule has 1 aliphatic carbocycles. The van der Waals surface area contributed by atoms with Crippen molar-refractivity contribution in [3.05, 3.63) is 0 Å². The number of amides is 2. The number of hydrogen-bond donors (Lipinski definition) is 4. The topological polar surface area (TPSA) is 193 Å². The van der Waals surface area contributed by atoms with E-state index in [9.17, 15) is 29.1 Å². The van der Waals surface area contributed by atoms with Crippen molar-refractivity contribution in [3.63, 3.8) is 0 Å². The molecule has 5 atom stereocenters. The second kappa shape index (κ2) is 14.6. The van der Waals surface area contributed by atoms with Crippen molar-refractivity contribution in [2.24, 2.45) is 11.7 Å². The van der Waals surface area contributed by atoms with E-state index in [2.05, 4.69) is 10.6 Å². The largest absolute Gasteiger partial charge is 0.465 e. The molecule has 1 fully saturated rings. The van der Waals surface area contributed by atoms with Gasteiger partial charge in [-0.25, -0.2) is 0 Å². The second-order valence-electron chi connectivity index (χ2n) is 8.28. The van der Waals surface area contributed by atoms with Gasteiger partial charge in [0.2, 0.25) is 11.8 Å². The summed E-state index contributed by atoms with van der Waals surface area (Å²) in [6, 6.07) is -1.34. The Morgan fingerprint density at radius 3 is 2.23 bits per heavy atom. The van der Waals surface area contributed by atoms with Crippen molar-refractivity contribution in [1.29, 1.82) is 0 Å². The van der Waals surface area contributed by atoms with E-state index >= 15 is 0 Å². The maximum absolute atomic E-state index is 11.9. The van der Waals surface area contributed by atoms with Crippen molar-refractivity contribution >= 4 is 29.7 Å². The maximum Gasteiger partial charge on any atom is 0.303 e. The molecule has 35 heavy (non-hydrogen) atoms. The number of ether oxygens (including phenoxy) is 4. The Bertz CT molecular complexity index is 762. The Morgan fingerprint density at radius 2 is 1.69 bits per heavy atom.